The molecule has 0 saturated heterocycles. The molecular weight excluding hydrogens is 124 g/mol. The predicted octanol–water partition coefficient (Wildman–Crippen LogP) is 1.45. The van der Waals surface area contributed by atoms with Gasteiger partial charge in [-0.1, -0.05) is 13.3 Å². The number of halogens is 1. The summed E-state index contributed by atoms with van der Waals surface area (Å²) < 4.78 is 0. The van der Waals surface area contributed by atoms with E-state index in [1.807, 2.05) is 0 Å². The molecule has 0 aromatic carbocycles. The first-order chi connectivity index (χ1) is 3.81. The van der Waals surface area contributed by atoms with E-state index in [-0.39, 0.29) is 11.3 Å². The van der Waals surface area contributed by atoms with Gasteiger partial charge in [0.1, 0.15) is 6.29 Å². The molecule has 1 nitrogen and oxygen atoms in total. The third-order valence-corrected chi connectivity index (χ3v) is 2.37. The molecule has 2 heteroatoms. The number of hydrogen-bond donors (Lipinski definition) is 0. The van der Waals surface area contributed by atoms with E-state index in [9.17, 15) is 4.79 Å². The van der Waals surface area contributed by atoms with Crippen molar-refractivity contribution in [1.29, 1.82) is 0 Å². The third-order valence-electron chi connectivity index (χ3n) is 1.76. The fourth-order valence-corrected chi connectivity index (χ4v) is 1.54. The van der Waals surface area contributed by atoms with E-state index in [2.05, 4.69) is 6.92 Å². The Morgan fingerprint density at radius 1 is 1.75 bits per heavy atom. The number of hydrogen-bond acceptors (Lipinski definition) is 1. The Morgan fingerprint density at radius 3 is 2.50 bits per heavy atom. The van der Waals surface area contributed by atoms with Gasteiger partial charge in [-0.15, -0.1) is 11.6 Å². The summed E-state index contributed by atoms with van der Waals surface area (Å²) >= 11 is 5.69. The van der Waals surface area contributed by atoms with Crippen LogP contribution in [0.2, 0.25) is 0 Å². The quantitative estimate of drug-likeness (QED) is 0.411. The van der Waals surface area contributed by atoms with Gasteiger partial charge in [-0.3, -0.25) is 0 Å². The first kappa shape index (κ1) is 6.09. The van der Waals surface area contributed by atoms with Crippen LogP contribution in [0.15, 0.2) is 0 Å². The standard InChI is InChI=1S/C6H9ClO/c1-2-4-5(3-8)6(4)7/h3-6H,2H2,1H3/t4-,5+,6+/m0/s1. The zero-order valence-electron chi connectivity index (χ0n) is 4.80. The lowest BCUT2D eigenvalue weighted by Gasteiger charge is -1.79. The summed E-state index contributed by atoms with van der Waals surface area (Å²) in [4.78, 5) is 10.1. The highest BCUT2D eigenvalue weighted by Crippen LogP contribution is 2.44. The van der Waals surface area contributed by atoms with Gasteiger partial charge in [-0.2, -0.15) is 0 Å². The van der Waals surface area contributed by atoms with E-state index < -0.39 is 0 Å². The molecule has 8 heavy (non-hydrogen) atoms. The molecule has 0 heterocycles. The van der Waals surface area contributed by atoms with Gasteiger partial charge in [-0.25, -0.2) is 0 Å². The Morgan fingerprint density at radius 2 is 2.38 bits per heavy atom. The van der Waals surface area contributed by atoms with Crippen molar-refractivity contribution in [3.8, 4) is 0 Å². The molecule has 0 unspecified atom stereocenters. The number of alkyl halides is 1. The second-order valence-corrected chi connectivity index (χ2v) is 2.73. The van der Waals surface area contributed by atoms with Crippen molar-refractivity contribution in [3.05, 3.63) is 0 Å². The van der Waals surface area contributed by atoms with Crippen molar-refractivity contribution in [2.45, 2.75) is 18.7 Å². The average molecular weight is 133 g/mol. The number of aldehydes is 1. The summed E-state index contributed by atoms with van der Waals surface area (Å²) in [6.07, 6.45) is 2.00. The van der Waals surface area contributed by atoms with Crippen molar-refractivity contribution in [3.63, 3.8) is 0 Å². The first-order valence-electron chi connectivity index (χ1n) is 2.90. The summed E-state index contributed by atoms with van der Waals surface area (Å²) in [7, 11) is 0. The molecule has 1 aliphatic rings. The SMILES string of the molecule is CC[C@@H]1[C@@H](Cl)[C@@H]1C=O. The van der Waals surface area contributed by atoms with Crippen LogP contribution in [0, 0.1) is 11.8 Å². The average Bonchev–Trinajstić information content (AvgIpc) is 2.40. The molecule has 0 aromatic heterocycles. The molecule has 0 aliphatic heterocycles. The lowest BCUT2D eigenvalue weighted by molar-refractivity contribution is -0.109. The number of carbonyl (C=O) groups excluding carboxylic acids is 1. The van der Waals surface area contributed by atoms with Crippen LogP contribution in [0.25, 0.3) is 0 Å². The third kappa shape index (κ3) is 0.752. The second-order valence-electron chi connectivity index (χ2n) is 2.23. The van der Waals surface area contributed by atoms with Crippen LogP contribution >= 0.6 is 11.6 Å². The zero-order valence-corrected chi connectivity index (χ0v) is 5.56. The smallest absolute Gasteiger partial charge is 0.124 e. The topological polar surface area (TPSA) is 17.1 Å². The Labute approximate surface area is 54.0 Å². The van der Waals surface area contributed by atoms with Crippen molar-refractivity contribution in [2.24, 2.45) is 11.8 Å². The van der Waals surface area contributed by atoms with E-state index >= 15 is 0 Å². The Balaban J connectivity index is 2.33. The summed E-state index contributed by atoms with van der Waals surface area (Å²) in [5.74, 6) is 0.649. The molecule has 1 aliphatic carbocycles. The molecule has 1 fully saturated rings. The van der Waals surface area contributed by atoms with Gasteiger partial charge in [0.2, 0.25) is 0 Å². The number of carbonyl (C=O) groups is 1. The van der Waals surface area contributed by atoms with Crippen LogP contribution in [0.3, 0.4) is 0 Å². The van der Waals surface area contributed by atoms with Crippen molar-refractivity contribution >= 4 is 17.9 Å². The van der Waals surface area contributed by atoms with Gasteiger partial charge < -0.3 is 4.79 Å². The van der Waals surface area contributed by atoms with Crippen LogP contribution < -0.4 is 0 Å². The molecule has 1 saturated carbocycles. The molecule has 0 spiro atoms. The molecule has 0 amide bonds. The molecule has 1 rings (SSSR count). The maximum atomic E-state index is 10.1. The van der Waals surface area contributed by atoms with Crippen LogP contribution in [0.1, 0.15) is 13.3 Å². The molecule has 0 radical (unpaired) electrons. The Kier molecular flexibility index (Phi) is 1.57. The van der Waals surface area contributed by atoms with E-state index in [1.54, 1.807) is 0 Å². The summed E-state index contributed by atoms with van der Waals surface area (Å²) in [6.45, 7) is 2.06. The van der Waals surface area contributed by atoms with E-state index in [0.29, 0.717) is 5.92 Å². The minimum atomic E-state index is 0.150. The van der Waals surface area contributed by atoms with E-state index in [4.69, 9.17) is 11.6 Å². The van der Waals surface area contributed by atoms with Crippen LogP contribution in [0.4, 0.5) is 0 Å². The van der Waals surface area contributed by atoms with Gasteiger partial charge in [0, 0.05) is 11.3 Å². The lowest BCUT2D eigenvalue weighted by atomic mass is 10.3. The van der Waals surface area contributed by atoms with Crippen molar-refractivity contribution in [2.75, 3.05) is 0 Å². The normalized spacial score (nSPS) is 44.0. The van der Waals surface area contributed by atoms with Gasteiger partial charge >= 0.3 is 0 Å². The second kappa shape index (κ2) is 2.06. The fraction of sp³-hybridized carbons (Fsp3) is 0.833. The first-order valence-corrected chi connectivity index (χ1v) is 3.34. The van der Waals surface area contributed by atoms with E-state index in [1.165, 1.54) is 0 Å². The molecular formula is C6H9ClO. The van der Waals surface area contributed by atoms with Gasteiger partial charge in [-0.05, 0) is 5.92 Å². The van der Waals surface area contributed by atoms with Gasteiger partial charge in [0.25, 0.3) is 0 Å². The highest BCUT2D eigenvalue weighted by atomic mass is 35.5. The molecule has 0 aromatic rings. The number of rotatable bonds is 2. The zero-order chi connectivity index (χ0) is 6.15. The monoisotopic (exact) mass is 132 g/mol. The maximum absolute atomic E-state index is 10.1. The molecule has 3 atom stereocenters. The highest BCUT2D eigenvalue weighted by molar-refractivity contribution is 6.24. The molecule has 46 valence electrons. The van der Waals surface area contributed by atoms with E-state index in [0.717, 1.165) is 12.7 Å². The predicted molar refractivity (Wildman–Crippen MR) is 33.0 cm³/mol. The fourth-order valence-electron chi connectivity index (χ4n) is 1.03. The van der Waals surface area contributed by atoms with Crippen molar-refractivity contribution in [1.82, 2.24) is 0 Å². The van der Waals surface area contributed by atoms with Crippen LogP contribution in [-0.4, -0.2) is 11.7 Å². The largest absolute Gasteiger partial charge is 0.303 e. The lowest BCUT2D eigenvalue weighted by Crippen LogP contribution is -1.78. The Hall–Kier alpha value is -0.0400. The summed E-state index contributed by atoms with van der Waals surface area (Å²) in [6, 6.07) is 0. The van der Waals surface area contributed by atoms with Crippen molar-refractivity contribution < 1.29 is 4.79 Å². The highest BCUT2D eigenvalue weighted by Gasteiger charge is 2.47. The maximum Gasteiger partial charge on any atom is 0.124 e. The van der Waals surface area contributed by atoms with Crippen LogP contribution in [-0.2, 0) is 4.79 Å². The minimum absolute atomic E-state index is 0.150. The minimum Gasteiger partial charge on any atom is -0.303 e. The summed E-state index contributed by atoms with van der Waals surface area (Å²) in [5, 5.41) is 0.150. The summed E-state index contributed by atoms with van der Waals surface area (Å²) in [5.41, 5.74) is 0. The molecule has 0 N–H and O–H groups in total. The van der Waals surface area contributed by atoms with Crippen LogP contribution in [0.5, 0.6) is 0 Å². The molecule has 0 bridgehead atoms. The van der Waals surface area contributed by atoms with Gasteiger partial charge in [0.05, 0.1) is 0 Å². The van der Waals surface area contributed by atoms with Gasteiger partial charge in [0.15, 0.2) is 0 Å². The Bertz CT molecular complexity index is 103.